The Morgan fingerprint density at radius 2 is 2.25 bits per heavy atom. The molecule has 0 bridgehead atoms. The van der Waals surface area contributed by atoms with E-state index in [-0.39, 0.29) is 11.6 Å². The lowest BCUT2D eigenvalue weighted by Crippen LogP contribution is -2.17. The maximum Gasteiger partial charge on any atom is 0.233 e. The normalized spacial score (nSPS) is 11.1. The van der Waals surface area contributed by atoms with Crippen molar-refractivity contribution in [1.29, 1.82) is 0 Å². The molecule has 0 atom stereocenters. The van der Waals surface area contributed by atoms with Crippen LogP contribution in [0.4, 0.5) is 5.82 Å². The second-order valence-electron chi connectivity index (χ2n) is 3.33. The second kappa shape index (κ2) is 5.69. The van der Waals surface area contributed by atoms with Crippen molar-refractivity contribution in [2.75, 3.05) is 17.6 Å². The summed E-state index contributed by atoms with van der Waals surface area (Å²) >= 11 is 0. The van der Waals surface area contributed by atoms with Crippen LogP contribution in [-0.2, 0) is 10.0 Å². The highest BCUT2D eigenvalue weighted by molar-refractivity contribution is 7.92. The molecule has 1 rings (SSSR count). The van der Waals surface area contributed by atoms with Gasteiger partial charge in [-0.15, -0.1) is 0 Å². The number of nitrogens with zero attached hydrogens (tertiary/aromatic N) is 1. The number of anilines is 1. The molecule has 16 heavy (non-hydrogen) atoms. The Kier molecular flexibility index (Phi) is 4.54. The van der Waals surface area contributed by atoms with Crippen molar-refractivity contribution in [2.45, 2.75) is 19.8 Å². The minimum Gasteiger partial charge on any atom is -0.493 e. The van der Waals surface area contributed by atoms with E-state index in [1.807, 2.05) is 6.92 Å². The number of methoxy groups -OCH3 is 1. The molecular formula is C10H16N2O3S. The largest absolute Gasteiger partial charge is 0.493 e. The third kappa shape index (κ3) is 3.69. The predicted octanol–water partition coefficient (Wildman–Crippen LogP) is 1.63. The molecule has 0 saturated heterocycles. The molecule has 0 spiro atoms. The molecule has 0 aliphatic heterocycles. The van der Waals surface area contributed by atoms with Gasteiger partial charge >= 0.3 is 0 Å². The summed E-state index contributed by atoms with van der Waals surface area (Å²) in [5.74, 6) is 0.757. The van der Waals surface area contributed by atoms with Gasteiger partial charge in [-0.2, -0.15) is 0 Å². The van der Waals surface area contributed by atoms with Crippen molar-refractivity contribution >= 4 is 15.8 Å². The van der Waals surface area contributed by atoms with Gasteiger partial charge in [-0.25, -0.2) is 13.4 Å². The topological polar surface area (TPSA) is 68.3 Å². The van der Waals surface area contributed by atoms with Crippen LogP contribution in [0, 0.1) is 0 Å². The fraction of sp³-hybridized carbons (Fsp3) is 0.500. The lowest BCUT2D eigenvalue weighted by Gasteiger charge is -2.09. The van der Waals surface area contributed by atoms with Gasteiger partial charge in [0.05, 0.1) is 12.9 Å². The lowest BCUT2D eigenvalue weighted by molar-refractivity contribution is 0.415. The zero-order chi connectivity index (χ0) is 12.0. The minimum absolute atomic E-state index is 0.100. The van der Waals surface area contributed by atoms with Gasteiger partial charge in [0, 0.05) is 6.20 Å². The van der Waals surface area contributed by atoms with E-state index in [0.717, 1.165) is 6.42 Å². The van der Waals surface area contributed by atoms with Gasteiger partial charge in [-0.1, -0.05) is 13.3 Å². The van der Waals surface area contributed by atoms with Crippen molar-refractivity contribution in [2.24, 2.45) is 0 Å². The number of sulfonamides is 1. The van der Waals surface area contributed by atoms with Crippen LogP contribution in [-0.4, -0.2) is 26.3 Å². The van der Waals surface area contributed by atoms with E-state index in [4.69, 9.17) is 4.74 Å². The van der Waals surface area contributed by atoms with E-state index in [0.29, 0.717) is 12.2 Å². The average molecular weight is 244 g/mol. The summed E-state index contributed by atoms with van der Waals surface area (Å²) in [6.07, 6.45) is 2.98. The van der Waals surface area contributed by atoms with Crippen LogP contribution >= 0.6 is 0 Å². The molecule has 0 radical (unpaired) electrons. The summed E-state index contributed by atoms with van der Waals surface area (Å²) in [5.41, 5.74) is 0. The van der Waals surface area contributed by atoms with Crippen molar-refractivity contribution in [1.82, 2.24) is 4.98 Å². The number of hydrogen-bond donors (Lipinski definition) is 1. The zero-order valence-electron chi connectivity index (χ0n) is 9.43. The summed E-state index contributed by atoms with van der Waals surface area (Å²) in [6.45, 7) is 1.94. The molecule has 1 heterocycles. The van der Waals surface area contributed by atoms with E-state index >= 15 is 0 Å². The van der Waals surface area contributed by atoms with Gasteiger partial charge in [0.25, 0.3) is 0 Å². The van der Waals surface area contributed by atoms with Gasteiger partial charge in [0.15, 0.2) is 11.6 Å². The molecule has 0 aliphatic rings. The van der Waals surface area contributed by atoms with Crippen molar-refractivity contribution < 1.29 is 13.2 Å². The number of pyridine rings is 1. The summed E-state index contributed by atoms with van der Waals surface area (Å²) in [5, 5.41) is 0. The van der Waals surface area contributed by atoms with Crippen LogP contribution in [0.25, 0.3) is 0 Å². The van der Waals surface area contributed by atoms with Gasteiger partial charge in [-0.05, 0) is 18.6 Å². The van der Waals surface area contributed by atoms with Crippen molar-refractivity contribution in [3.8, 4) is 5.75 Å². The molecule has 0 fully saturated rings. The third-order valence-electron chi connectivity index (χ3n) is 2.01. The Morgan fingerprint density at radius 3 is 2.88 bits per heavy atom. The first kappa shape index (κ1) is 12.8. The molecule has 0 unspecified atom stereocenters. The third-order valence-corrected chi connectivity index (χ3v) is 3.34. The van der Waals surface area contributed by atoms with Crippen LogP contribution in [0.5, 0.6) is 5.75 Å². The van der Waals surface area contributed by atoms with E-state index in [9.17, 15) is 8.42 Å². The molecule has 5 nitrogen and oxygen atoms in total. The highest BCUT2D eigenvalue weighted by Crippen LogP contribution is 2.21. The highest BCUT2D eigenvalue weighted by Gasteiger charge is 2.13. The standard InChI is InChI=1S/C10H16N2O3S/c1-3-4-8-16(13,14)12-10-9(15-2)6-5-7-11-10/h5-7H,3-4,8H2,1-2H3,(H,11,12). The van der Waals surface area contributed by atoms with Gasteiger partial charge in [0.1, 0.15) is 0 Å². The molecule has 0 amide bonds. The summed E-state index contributed by atoms with van der Waals surface area (Å²) in [7, 11) is -1.85. The smallest absolute Gasteiger partial charge is 0.233 e. The second-order valence-corrected chi connectivity index (χ2v) is 5.17. The van der Waals surface area contributed by atoms with Gasteiger partial charge < -0.3 is 4.74 Å². The molecule has 6 heteroatoms. The minimum atomic E-state index is -3.32. The number of rotatable bonds is 6. The Morgan fingerprint density at radius 1 is 1.50 bits per heavy atom. The number of nitrogens with one attached hydrogen (secondary N) is 1. The van der Waals surface area contributed by atoms with E-state index in [1.54, 1.807) is 12.1 Å². The molecule has 1 N–H and O–H groups in total. The first-order valence-corrected chi connectivity index (χ1v) is 6.74. The zero-order valence-corrected chi connectivity index (χ0v) is 10.3. The Balaban J connectivity index is 2.79. The van der Waals surface area contributed by atoms with Gasteiger partial charge in [0.2, 0.25) is 10.0 Å². The van der Waals surface area contributed by atoms with Crippen molar-refractivity contribution in [3.63, 3.8) is 0 Å². The lowest BCUT2D eigenvalue weighted by atomic mass is 10.4. The number of unbranched alkanes of at least 4 members (excludes halogenated alkanes) is 1. The first-order chi connectivity index (χ1) is 7.59. The van der Waals surface area contributed by atoms with Crippen LogP contribution < -0.4 is 9.46 Å². The SMILES string of the molecule is CCCCS(=O)(=O)Nc1ncccc1OC. The van der Waals surface area contributed by atoms with Crippen LogP contribution in [0.3, 0.4) is 0 Å². The van der Waals surface area contributed by atoms with Crippen LogP contribution in [0.2, 0.25) is 0 Å². The highest BCUT2D eigenvalue weighted by atomic mass is 32.2. The molecule has 0 aromatic carbocycles. The fourth-order valence-corrected chi connectivity index (χ4v) is 2.38. The van der Waals surface area contributed by atoms with Gasteiger partial charge in [-0.3, -0.25) is 4.72 Å². The van der Waals surface area contributed by atoms with E-state index in [2.05, 4.69) is 9.71 Å². The van der Waals surface area contributed by atoms with Crippen LogP contribution in [0.1, 0.15) is 19.8 Å². The summed E-state index contributed by atoms with van der Waals surface area (Å²) in [6, 6.07) is 3.34. The maximum atomic E-state index is 11.6. The number of hydrogen-bond acceptors (Lipinski definition) is 4. The van der Waals surface area contributed by atoms with Crippen LogP contribution in [0.15, 0.2) is 18.3 Å². The Hall–Kier alpha value is -1.30. The van der Waals surface area contributed by atoms with Crippen molar-refractivity contribution in [3.05, 3.63) is 18.3 Å². The monoisotopic (exact) mass is 244 g/mol. The summed E-state index contributed by atoms with van der Waals surface area (Å²) in [4.78, 5) is 3.93. The average Bonchev–Trinajstić information content (AvgIpc) is 2.27. The molecular weight excluding hydrogens is 228 g/mol. The Bertz CT molecular complexity index is 431. The molecule has 1 aromatic rings. The number of ether oxygens (including phenoxy) is 1. The number of aromatic nitrogens is 1. The van der Waals surface area contributed by atoms with E-state index in [1.165, 1.54) is 13.3 Å². The first-order valence-electron chi connectivity index (χ1n) is 5.08. The molecule has 90 valence electrons. The fourth-order valence-electron chi connectivity index (χ4n) is 1.16. The van der Waals surface area contributed by atoms with E-state index < -0.39 is 10.0 Å². The quantitative estimate of drug-likeness (QED) is 0.825. The Labute approximate surface area is 95.9 Å². The molecule has 1 aromatic heterocycles. The predicted molar refractivity (Wildman–Crippen MR) is 63.1 cm³/mol. The molecule has 0 saturated carbocycles. The summed E-state index contributed by atoms with van der Waals surface area (Å²) < 4.78 is 30.7. The maximum absolute atomic E-state index is 11.6. The molecule has 0 aliphatic carbocycles.